The number of ether oxygens (including phenoxy) is 1. The normalized spacial score (nSPS) is 10.4. The predicted octanol–water partition coefficient (Wildman–Crippen LogP) is 3.74. The van der Waals surface area contributed by atoms with E-state index in [0.717, 1.165) is 37.0 Å². The highest BCUT2D eigenvalue weighted by atomic mass is 32.1. The first-order valence-electron chi connectivity index (χ1n) is 9.22. The van der Waals surface area contributed by atoms with Crippen LogP contribution in [0.25, 0.3) is 0 Å². The molecule has 0 saturated carbocycles. The van der Waals surface area contributed by atoms with Crippen molar-refractivity contribution in [3.8, 4) is 5.75 Å². The Labute approximate surface area is 164 Å². The Morgan fingerprint density at radius 2 is 1.96 bits per heavy atom. The molecule has 7 heteroatoms. The highest BCUT2D eigenvalue weighted by molar-refractivity contribution is 7.13. The van der Waals surface area contributed by atoms with Gasteiger partial charge in [-0.05, 0) is 24.1 Å². The molecule has 0 spiro atoms. The predicted molar refractivity (Wildman–Crippen MR) is 108 cm³/mol. The molecule has 27 heavy (non-hydrogen) atoms. The topological polar surface area (TPSA) is 71.5 Å². The van der Waals surface area contributed by atoms with Gasteiger partial charge in [0.15, 0.2) is 5.13 Å². The van der Waals surface area contributed by atoms with Gasteiger partial charge in [-0.25, -0.2) is 4.98 Å². The summed E-state index contributed by atoms with van der Waals surface area (Å²) in [4.78, 5) is 30.8. The van der Waals surface area contributed by atoms with Crippen LogP contribution in [0.2, 0.25) is 0 Å². The Bertz CT molecular complexity index is 702. The molecule has 1 N–H and O–H groups in total. The summed E-state index contributed by atoms with van der Waals surface area (Å²) >= 11 is 1.36. The van der Waals surface area contributed by atoms with Crippen LogP contribution in [0.1, 0.15) is 38.2 Å². The molecule has 0 aliphatic rings. The monoisotopic (exact) mass is 389 g/mol. The molecule has 1 aromatic heterocycles. The zero-order chi connectivity index (χ0) is 19.5. The molecular weight excluding hydrogens is 362 g/mol. The van der Waals surface area contributed by atoms with Gasteiger partial charge in [0.2, 0.25) is 11.8 Å². The average molecular weight is 390 g/mol. The van der Waals surface area contributed by atoms with E-state index in [1.807, 2.05) is 24.3 Å². The number of carbonyl (C=O) groups excluding carboxylic acids is 2. The van der Waals surface area contributed by atoms with Crippen molar-refractivity contribution in [2.45, 2.75) is 39.0 Å². The van der Waals surface area contributed by atoms with Gasteiger partial charge in [-0.1, -0.05) is 38.3 Å². The lowest BCUT2D eigenvalue weighted by molar-refractivity contribution is -0.134. The number of thiazole rings is 1. The number of carbonyl (C=O) groups is 2. The Balaban J connectivity index is 1.95. The van der Waals surface area contributed by atoms with Crippen LogP contribution in [0, 0.1) is 0 Å². The van der Waals surface area contributed by atoms with Crippen LogP contribution in [0.4, 0.5) is 5.13 Å². The van der Waals surface area contributed by atoms with Gasteiger partial charge in [-0.2, -0.15) is 0 Å². The molecule has 0 aliphatic carbocycles. The maximum Gasteiger partial charge on any atom is 0.245 e. The van der Waals surface area contributed by atoms with Crippen LogP contribution in [0.5, 0.6) is 5.75 Å². The molecule has 0 radical (unpaired) electrons. The second kappa shape index (κ2) is 11.3. The summed E-state index contributed by atoms with van der Waals surface area (Å²) in [6.45, 7) is 2.77. The third-order valence-electron chi connectivity index (χ3n) is 4.16. The number of hydrogen-bond donors (Lipinski definition) is 1. The third kappa shape index (κ3) is 7.38. The second-order valence-electron chi connectivity index (χ2n) is 6.29. The van der Waals surface area contributed by atoms with E-state index >= 15 is 0 Å². The van der Waals surface area contributed by atoms with Crippen LogP contribution in [-0.4, -0.2) is 41.9 Å². The van der Waals surface area contributed by atoms with Gasteiger partial charge in [0, 0.05) is 18.1 Å². The number of methoxy groups -OCH3 is 1. The minimum Gasteiger partial charge on any atom is -0.497 e. The molecule has 2 amide bonds. The minimum atomic E-state index is -0.219. The number of amides is 2. The Hall–Kier alpha value is -2.41. The summed E-state index contributed by atoms with van der Waals surface area (Å²) < 4.78 is 5.15. The first kappa shape index (κ1) is 20.9. The number of nitrogens with one attached hydrogen (secondary N) is 1. The summed E-state index contributed by atoms with van der Waals surface area (Å²) in [7, 11) is 1.61. The molecule has 146 valence electrons. The van der Waals surface area contributed by atoms with Gasteiger partial charge in [-0.3, -0.25) is 9.59 Å². The number of aromatic nitrogens is 1. The van der Waals surface area contributed by atoms with Crippen molar-refractivity contribution < 1.29 is 14.3 Å². The zero-order valence-electron chi connectivity index (χ0n) is 15.9. The summed E-state index contributed by atoms with van der Waals surface area (Å²) in [5, 5.41) is 5.09. The van der Waals surface area contributed by atoms with Crippen LogP contribution in [0.15, 0.2) is 35.8 Å². The quantitative estimate of drug-likeness (QED) is 0.594. The molecule has 0 atom stereocenters. The number of hydrogen-bond acceptors (Lipinski definition) is 5. The van der Waals surface area contributed by atoms with E-state index in [4.69, 9.17) is 4.74 Å². The van der Waals surface area contributed by atoms with Crippen molar-refractivity contribution in [3.63, 3.8) is 0 Å². The summed E-state index contributed by atoms with van der Waals surface area (Å²) in [6.07, 6.45) is 6.11. The van der Waals surface area contributed by atoms with Gasteiger partial charge in [-0.15, -0.1) is 11.3 Å². The number of anilines is 1. The highest BCUT2D eigenvalue weighted by Crippen LogP contribution is 2.14. The maximum atomic E-state index is 12.8. The number of benzene rings is 1. The SMILES string of the molecule is CCCCCCN(CC(=O)Nc1nccs1)C(=O)Cc1ccc(OC)cc1. The highest BCUT2D eigenvalue weighted by Gasteiger charge is 2.18. The average Bonchev–Trinajstić information content (AvgIpc) is 3.17. The van der Waals surface area contributed by atoms with E-state index in [0.29, 0.717) is 11.7 Å². The molecule has 0 bridgehead atoms. The molecule has 6 nitrogen and oxygen atoms in total. The summed E-state index contributed by atoms with van der Waals surface area (Å²) in [6, 6.07) is 7.43. The lowest BCUT2D eigenvalue weighted by Crippen LogP contribution is -2.39. The summed E-state index contributed by atoms with van der Waals surface area (Å²) in [5.41, 5.74) is 0.902. The third-order valence-corrected chi connectivity index (χ3v) is 4.85. The molecule has 0 unspecified atom stereocenters. The minimum absolute atomic E-state index is 0.0424. The molecule has 0 fully saturated rings. The van der Waals surface area contributed by atoms with Crippen molar-refractivity contribution >= 4 is 28.3 Å². The van der Waals surface area contributed by atoms with Gasteiger partial charge >= 0.3 is 0 Å². The Morgan fingerprint density at radius 1 is 1.19 bits per heavy atom. The van der Waals surface area contributed by atoms with E-state index < -0.39 is 0 Å². The smallest absolute Gasteiger partial charge is 0.245 e. The number of nitrogens with zero attached hydrogens (tertiary/aromatic N) is 2. The first-order valence-corrected chi connectivity index (χ1v) is 10.1. The number of unbranched alkanes of at least 4 members (excludes halogenated alkanes) is 3. The van der Waals surface area contributed by atoms with Crippen molar-refractivity contribution in [1.29, 1.82) is 0 Å². The second-order valence-corrected chi connectivity index (χ2v) is 7.18. The van der Waals surface area contributed by atoms with E-state index in [1.165, 1.54) is 11.3 Å². The fraction of sp³-hybridized carbons (Fsp3) is 0.450. The fourth-order valence-electron chi connectivity index (χ4n) is 2.67. The summed E-state index contributed by atoms with van der Waals surface area (Å²) in [5.74, 6) is 0.486. The zero-order valence-corrected chi connectivity index (χ0v) is 16.8. The molecule has 1 heterocycles. The molecule has 1 aromatic carbocycles. The molecule has 0 saturated heterocycles. The lowest BCUT2D eigenvalue weighted by atomic mass is 10.1. The van der Waals surface area contributed by atoms with Crippen molar-refractivity contribution in [2.24, 2.45) is 0 Å². The van der Waals surface area contributed by atoms with Gasteiger partial charge < -0.3 is 15.0 Å². The van der Waals surface area contributed by atoms with E-state index in [1.54, 1.807) is 23.6 Å². The van der Waals surface area contributed by atoms with Crippen LogP contribution in [-0.2, 0) is 16.0 Å². The fourth-order valence-corrected chi connectivity index (χ4v) is 3.21. The molecular formula is C20H27N3O3S. The largest absolute Gasteiger partial charge is 0.497 e. The van der Waals surface area contributed by atoms with Crippen molar-refractivity contribution in [2.75, 3.05) is 25.5 Å². The standard InChI is InChI=1S/C20H27N3O3S/c1-3-4-5-6-12-23(15-18(24)22-20-21-11-13-27-20)19(25)14-16-7-9-17(26-2)10-8-16/h7-11,13H,3-6,12,14-15H2,1-2H3,(H,21,22,24). The first-order chi connectivity index (χ1) is 13.1. The van der Waals surface area contributed by atoms with Gasteiger partial charge in [0.1, 0.15) is 5.75 Å². The molecule has 2 rings (SSSR count). The number of rotatable bonds is 11. The van der Waals surface area contributed by atoms with Crippen molar-refractivity contribution in [3.05, 3.63) is 41.4 Å². The van der Waals surface area contributed by atoms with Crippen molar-refractivity contribution in [1.82, 2.24) is 9.88 Å². The molecule has 0 aliphatic heterocycles. The molecule has 2 aromatic rings. The van der Waals surface area contributed by atoms with Crippen LogP contribution in [0.3, 0.4) is 0 Å². The van der Waals surface area contributed by atoms with Gasteiger partial charge in [0.05, 0.1) is 20.1 Å². The lowest BCUT2D eigenvalue weighted by Gasteiger charge is -2.22. The van der Waals surface area contributed by atoms with Gasteiger partial charge in [0.25, 0.3) is 0 Å². The van der Waals surface area contributed by atoms with Crippen LogP contribution < -0.4 is 10.1 Å². The van der Waals surface area contributed by atoms with E-state index in [2.05, 4.69) is 17.2 Å². The Kier molecular flexibility index (Phi) is 8.77. The van der Waals surface area contributed by atoms with E-state index in [-0.39, 0.29) is 24.8 Å². The van der Waals surface area contributed by atoms with E-state index in [9.17, 15) is 9.59 Å². The maximum absolute atomic E-state index is 12.8. The Morgan fingerprint density at radius 3 is 2.59 bits per heavy atom. The van der Waals surface area contributed by atoms with Crippen LogP contribution >= 0.6 is 11.3 Å².